The van der Waals surface area contributed by atoms with Gasteiger partial charge in [0.25, 0.3) is 0 Å². The fourth-order valence-corrected chi connectivity index (χ4v) is 2.35. The van der Waals surface area contributed by atoms with Crippen molar-refractivity contribution in [3.8, 4) is 0 Å². The number of hydrogen-bond donors (Lipinski definition) is 1. The highest BCUT2D eigenvalue weighted by atomic mass is 16.6. The van der Waals surface area contributed by atoms with Gasteiger partial charge < -0.3 is 10.5 Å². The van der Waals surface area contributed by atoms with E-state index in [1.165, 1.54) is 6.42 Å². The molecule has 2 nitrogen and oxygen atoms in total. The van der Waals surface area contributed by atoms with E-state index in [0.29, 0.717) is 17.3 Å². The normalized spacial score (nSPS) is 28.3. The Morgan fingerprint density at radius 1 is 1.12 bits per heavy atom. The maximum atomic E-state index is 5.86. The molecule has 16 heavy (non-hydrogen) atoms. The molecule has 1 saturated heterocycles. The quantitative estimate of drug-likeness (QED) is 0.748. The van der Waals surface area contributed by atoms with Gasteiger partial charge in [-0.3, -0.25) is 0 Å². The second-order valence-electron chi connectivity index (χ2n) is 7.41. The molecule has 1 fully saturated rings. The predicted molar refractivity (Wildman–Crippen MR) is 69.0 cm³/mol. The number of rotatable bonds is 4. The van der Waals surface area contributed by atoms with Crippen LogP contribution in [0.3, 0.4) is 0 Å². The second-order valence-corrected chi connectivity index (χ2v) is 7.41. The molecular weight excluding hydrogens is 198 g/mol. The molecule has 2 heteroatoms. The van der Waals surface area contributed by atoms with Crippen molar-refractivity contribution < 1.29 is 4.74 Å². The van der Waals surface area contributed by atoms with Crippen LogP contribution in [0.15, 0.2) is 0 Å². The van der Waals surface area contributed by atoms with E-state index >= 15 is 0 Å². The van der Waals surface area contributed by atoms with Crippen molar-refractivity contribution in [1.82, 2.24) is 0 Å². The summed E-state index contributed by atoms with van der Waals surface area (Å²) in [7, 11) is 0. The minimum atomic E-state index is -0.0228. The third kappa shape index (κ3) is 3.21. The maximum absolute atomic E-state index is 5.86. The van der Waals surface area contributed by atoms with Crippen molar-refractivity contribution in [2.45, 2.75) is 67.2 Å². The molecule has 0 spiro atoms. The summed E-state index contributed by atoms with van der Waals surface area (Å²) in [6, 6.07) is 0. The highest BCUT2D eigenvalue weighted by molar-refractivity contribution is 4.96. The molecule has 0 radical (unpaired) electrons. The van der Waals surface area contributed by atoms with Crippen LogP contribution in [0.2, 0.25) is 0 Å². The maximum Gasteiger partial charge on any atom is 0.133 e. The Labute approximate surface area is 101 Å². The Morgan fingerprint density at radius 2 is 1.56 bits per heavy atom. The number of nitrogens with two attached hydrogens (primary N) is 1. The molecule has 0 saturated carbocycles. The smallest absolute Gasteiger partial charge is 0.133 e. The van der Waals surface area contributed by atoms with Gasteiger partial charge in [0.2, 0.25) is 0 Å². The Hall–Kier alpha value is -0.0800. The van der Waals surface area contributed by atoms with Crippen molar-refractivity contribution in [2.75, 3.05) is 0 Å². The van der Waals surface area contributed by atoms with Crippen LogP contribution in [0.1, 0.15) is 54.9 Å². The van der Waals surface area contributed by atoms with E-state index in [0.717, 1.165) is 0 Å². The molecule has 0 amide bonds. The van der Waals surface area contributed by atoms with Crippen molar-refractivity contribution in [2.24, 2.45) is 28.4 Å². The lowest BCUT2D eigenvalue weighted by molar-refractivity contribution is 0.0711. The SMILES string of the molecule is CC(C)C(C)(C)C(CC(C)(C)C)C1OC1N. The number of epoxide rings is 1. The fraction of sp³-hybridized carbons (Fsp3) is 1.00. The topological polar surface area (TPSA) is 38.5 Å². The van der Waals surface area contributed by atoms with Crippen LogP contribution in [-0.2, 0) is 4.74 Å². The van der Waals surface area contributed by atoms with Crippen molar-refractivity contribution in [3.05, 3.63) is 0 Å². The summed E-state index contributed by atoms with van der Waals surface area (Å²) in [5, 5.41) is 0. The molecule has 3 atom stereocenters. The zero-order valence-electron chi connectivity index (χ0n) is 12.0. The minimum absolute atomic E-state index is 0.0228. The largest absolute Gasteiger partial charge is 0.353 e. The van der Waals surface area contributed by atoms with Gasteiger partial charge in [0.1, 0.15) is 12.3 Å². The van der Waals surface area contributed by atoms with Gasteiger partial charge in [0, 0.05) is 0 Å². The van der Waals surface area contributed by atoms with E-state index in [-0.39, 0.29) is 17.7 Å². The Balaban J connectivity index is 2.80. The van der Waals surface area contributed by atoms with E-state index in [4.69, 9.17) is 10.5 Å². The van der Waals surface area contributed by atoms with Crippen LogP contribution in [0.4, 0.5) is 0 Å². The average Bonchev–Trinajstić information content (AvgIpc) is 2.76. The summed E-state index contributed by atoms with van der Waals surface area (Å²) in [5.74, 6) is 1.21. The Morgan fingerprint density at radius 3 is 1.81 bits per heavy atom. The summed E-state index contributed by atoms with van der Waals surface area (Å²) in [6.45, 7) is 16.2. The Kier molecular flexibility index (Phi) is 3.76. The summed E-state index contributed by atoms with van der Waals surface area (Å²) >= 11 is 0. The third-order valence-electron chi connectivity index (χ3n) is 4.23. The molecule has 2 N–H and O–H groups in total. The standard InChI is InChI=1S/C14H29NO/c1-9(2)14(6,7)10(8-13(3,4)5)11-12(15)16-11/h9-12H,8,15H2,1-7H3. The lowest BCUT2D eigenvalue weighted by Gasteiger charge is -2.40. The lowest BCUT2D eigenvalue weighted by atomic mass is 9.64. The first-order valence-electron chi connectivity index (χ1n) is 6.47. The van der Waals surface area contributed by atoms with Gasteiger partial charge in [-0.15, -0.1) is 0 Å². The summed E-state index contributed by atoms with van der Waals surface area (Å²) in [4.78, 5) is 0. The summed E-state index contributed by atoms with van der Waals surface area (Å²) in [6.07, 6.45) is 1.43. The second kappa shape index (κ2) is 4.30. The minimum Gasteiger partial charge on any atom is -0.353 e. The van der Waals surface area contributed by atoms with Crippen molar-refractivity contribution in [1.29, 1.82) is 0 Å². The highest BCUT2D eigenvalue weighted by Crippen LogP contribution is 2.48. The van der Waals surface area contributed by atoms with Gasteiger partial charge in [0.15, 0.2) is 0 Å². The summed E-state index contributed by atoms with van der Waals surface area (Å²) in [5.41, 5.74) is 6.48. The summed E-state index contributed by atoms with van der Waals surface area (Å²) < 4.78 is 5.54. The first kappa shape index (κ1) is 14.0. The van der Waals surface area contributed by atoms with E-state index in [1.54, 1.807) is 0 Å². The predicted octanol–water partition coefficient (Wildman–Crippen LogP) is 3.40. The van der Waals surface area contributed by atoms with Gasteiger partial charge in [-0.05, 0) is 29.1 Å². The first-order valence-corrected chi connectivity index (χ1v) is 6.47. The zero-order valence-corrected chi connectivity index (χ0v) is 12.0. The van der Waals surface area contributed by atoms with E-state index in [2.05, 4.69) is 48.5 Å². The molecule has 0 aromatic heterocycles. The lowest BCUT2D eigenvalue weighted by Crippen LogP contribution is -2.37. The van der Waals surface area contributed by atoms with E-state index in [9.17, 15) is 0 Å². The van der Waals surface area contributed by atoms with Crippen LogP contribution in [0.25, 0.3) is 0 Å². The van der Waals surface area contributed by atoms with Gasteiger partial charge in [-0.1, -0.05) is 48.5 Å². The van der Waals surface area contributed by atoms with E-state index in [1.807, 2.05) is 0 Å². The van der Waals surface area contributed by atoms with Gasteiger partial charge in [0.05, 0.1) is 0 Å². The molecule has 1 rings (SSSR count). The number of hydrogen-bond acceptors (Lipinski definition) is 2. The monoisotopic (exact) mass is 227 g/mol. The molecule has 0 aromatic rings. The molecular formula is C14H29NO. The Bertz CT molecular complexity index is 240. The molecule has 1 heterocycles. The van der Waals surface area contributed by atoms with Crippen LogP contribution in [0.5, 0.6) is 0 Å². The van der Waals surface area contributed by atoms with Crippen LogP contribution >= 0.6 is 0 Å². The van der Waals surface area contributed by atoms with Gasteiger partial charge in [-0.25, -0.2) is 0 Å². The molecule has 1 aliphatic heterocycles. The fourth-order valence-electron chi connectivity index (χ4n) is 2.35. The van der Waals surface area contributed by atoms with Gasteiger partial charge in [-0.2, -0.15) is 0 Å². The zero-order chi connectivity index (χ0) is 12.7. The third-order valence-corrected chi connectivity index (χ3v) is 4.23. The van der Waals surface area contributed by atoms with Crippen molar-refractivity contribution >= 4 is 0 Å². The highest BCUT2D eigenvalue weighted by Gasteiger charge is 2.50. The first-order chi connectivity index (χ1) is 7.05. The number of ether oxygens (including phenoxy) is 1. The average molecular weight is 227 g/mol. The van der Waals surface area contributed by atoms with Crippen LogP contribution in [0, 0.1) is 22.7 Å². The molecule has 0 aromatic carbocycles. The molecule has 1 aliphatic rings. The van der Waals surface area contributed by atoms with Crippen molar-refractivity contribution in [3.63, 3.8) is 0 Å². The molecule has 96 valence electrons. The molecule has 3 unspecified atom stereocenters. The van der Waals surface area contributed by atoms with Crippen LogP contribution in [-0.4, -0.2) is 12.3 Å². The molecule has 0 bridgehead atoms. The van der Waals surface area contributed by atoms with Crippen LogP contribution < -0.4 is 5.73 Å². The van der Waals surface area contributed by atoms with E-state index < -0.39 is 0 Å². The molecule has 0 aliphatic carbocycles. The van der Waals surface area contributed by atoms with Gasteiger partial charge >= 0.3 is 0 Å².